The molecule has 3 aromatic rings. The Morgan fingerprint density at radius 3 is 2.88 bits per heavy atom. The van der Waals surface area contributed by atoms with Crippen molar-refractivity contribution < 1.29 is 9.84 Å². The molecule has 0 atom stereocenters. The highest BCUT2D eigenvalue weighted by atomic mass is 16.5. The maximum Gasteiger partial charge on any atom is 0.281 e. The van der Waals surface area contributed by atoms with E-state index in [-0.39, 0.29) is 11.3 Å². The Morgan fingerprint density at radius 2 is 2.08 bits per heavy atom. The molecular formula is C19H16N2O3. The normalized spacial score (nSPS) is 15.0. The summed E-state index contributed by atoms with van der Waals surface area (Å²) in [6, 6.07) is 12.8. The Balaban J connectivity index is 1.84. The number of rotatable bonds is 2. The molecule has 0 saturated heterocycles. The quantitative estimate of drug-likeness (QED) is 0.788. The molecule has 0 aliphatic carbocycles. The van der Waals surface area contributed by atoms with Gasteiger partial charge >= 0.3 is 0 Å². The van der Waals surface area contributed by atoms with E-state index in [1.54, 1.807) is 18.2 Å². The highest BCUT2D eigenvalue weighted by molar-refractivity contribution is 5.85. The molecule has 5 nitrogen and oxygen atoms in total. The Hall–Kier alpha value is -3.08. The van der Waals surface area contributed by atoms with Crippen LogP contribution in [0.3, 0.4) is 0 Å². The lowest BCUT2D eigenvalue weighted by Gasteiger charge is -2.07. The van der Waals surface area contributed by atoms with E-state index in [0.29, 0.717) is 17.0 Å². The zero-order valence-corrected chi connectivity index (χ0v) is 13.2. The van der Waals surface area contributed by atoms with Crippen molar-refractivity contribution in [1.82, 2.24) is 9.55 Å². The molecule has 0 saturated carbocycles. The van der Waals surface area contributed by atoms with Crippen molar-refractivity contribution in [2.24, 2.45) is 0 Å². The number of aromatic nitrogens is 2. The lowest BCUT2D eigenvalue weighted by Crippen LogP contribution is -2.14. The van der Waals surface area contributed by atoms with Crippen molar-refractivity contribution >= 4 is 22.6 Å². The number of phenolic OH excluding ortho intramolecular Hbond substituents is 1. The second kappa shape index (κ2) is 5.53. The zero-order valence-electron chi connectivity index (χ0n) is 13.2. The predicted molar refractivity (Wildman–Crippen MR) is 93.1 cm³/mol. The first kappa shape index (κ1) is 14.5. The van der Waals surface area contributed by atoms with Gasteiger partial charge in [0, 0.05) is 6.54 Å². The average molecular weight is 320 g/mol. The van der Waals surface area contributed by atoms with Gasteiger partial charge in [0.25, 0.3) is 5.56 Å². The van der Waals surface area contributed by atoms with Crippen LogP contribution in [0.25, 0.3) is 22.6 Å². The number of hydrogen-bond donors (Lipinski definition) is 1. The molecule has 0 fully saturated rings. The van der Waals surface area contributed by atoms with E-state index in [9.17, 15) is 9.90 Å². The van der Waals surface area contributed by atoms with E-state index >= 15 is 0 Å². The van der Waals surface area contributed by atoms with E-state index < -0.39 is 0 Å². The number of aromatic hydroxyl groups is 1. The molecular weight excluding hydrogens is 304 g/mol. The number of methoxy groups -OCH3 is 1. The number of aryl methyl sites for hydroxylation is 1. The summed E-state index contributed by atoms with van der Waals surface area (Å²) in [7, 11) is 1.52. The molecule has 0 amide bonds. The lowest BCUT2D eigenvalue weighted by molar-refractivity contribution is 0.373. The number of ether oxygens (including phenoxy) is 1. The van der Waals surface area contributed by atoms with Crippen LogP contribution >= 0.6 is 0 Å². The molecule has 1 aromatic heterocycles. The standard InChI is InChI=1S/C19H16N2O3/c1-24-17-7-6-12(11-16(17)22)10-13-8-9-21-15-5-3-2-4-14(15)19(23)20-18(13)21/h2-7,10-11,22H,8-9H2,1H3/b13-10-. The van der Waals surface area contributed by atoms with Gasteiger partial charge in [-0.05, 0) is 47.9 Å². The lowest BCUT2D eigenvalue weighted by atomic mass is 10.1. The van der Waals surface area contributed by atoms with Crippen molar-refractivity contribution in [3.05, 3.63) is 64.2 Å². The minimum Gasteiger partial charge on any atom is -0.504 e. The van der Waals surface area contributed by atoms with Crippen LogP contribution < -0.4 is 10.3 Å². The third-order valence-corrected chi connectivity index (χ3v) is 4.32. The Bertz CT molecular complexity index is 1030. The first-order valence-corrected chi connectivity index (χ1v) is 7.75. The van der Waals surface area contributed by atoms with E-state index in [0.717, 1.165) is 29.6 Å². The first-order chi connectivity index (χ1) is 11.7. The molecule has 0 radical (unpaired) electrons. The molecule has 1 aliphatic heterocycles. The van der Waals surface area contributed by atoms with Gasteiger partial charge in [-0.3, -0.25) is 4.79 Å². The topological polar surface area (TPSA) is 64.4 Å². The third-order valence-electron chi connectivity index (χ3n) is 4.32. The number of fused-ring (bicyclic) bond motifs is 3. The molecule has 1 aliphatic rings. The molecule has 4 rings (SSSR count). The fraction of sp³-hybridized carbons (Fsp3) is 0.158. The molecule has 0 bridgehead atoms. The minimum atomic E-state index is -0.206. The zero-order chi connectivity index (χ0) is 16.7. The van der Waals surface area contributed by atoms with Gasteiger partial charge < -0.3 is 14.4 Å². The van der Waals surface area contributed by atoms with Crippen LogP contribution in [0.1, 0.15) is 17.8 Å². The summed E-state index contributed by atoms with van der Waals surface area (Å²) in [5.74, 6) is 1.23. The van der Waals surface area contributed by atoms with Crippen LogP contribution in [0.5, 0.6) is 11.5 Å². The van der Waals surface area contributed by atoms with E-state index in [1.807, 2.05) is 30.3 Å². The number of nitrogens with zero attached hydrogens (tertiary/aromatic N) is 2. The van der Waals surface area contributed by atoms with Crippen molar-refractivity contribution in [1.29, 1.82) is 0 Å². The smallest absolute Gasteiger partial charge is 0.281 e. The number of para-hydroxylation sites is 1. The maximum absolute atomic E-state index is 12.3. The summed E-state index contributed by atoms with van der Waals surface area (Å²) in [5, 5.41) is 10.6. The van der Waals surface area contributed by atoms with Crippen LogP contribution in [-0.4, -0.2) is 21.8 Å². The number of allylic oxidation sites excluding steroid dienone is 1. The summed E-state index contributed by atoms with van der Waals surface area (Å²) >= 11 is 0. The number of benzene rings is 2. The highest BCUT2D eigenvalue weighted by Crippen LogP contribution is 2.32. The van der Waals surface area contributed by atoms with Crippen molar-refractivity contribution in [2.75, 3.05) is 7.11 Å². The largest absolute Gasteiger partial charge is 0.504 e. The molecule has 2 aromatic carbocycles. The fourth-order valence-corrected chi connectivity index (χ4v) is 3.17. The SMILES string of the molecule is COc1ccc(/C=C2/CCn3c2nc(=O)c2ccccc23)cc1O. The Morgan fingerprint density at radius 1 is 1.25 bits per heavy atom. The van der Waals surface area contributed by atoms with Gasteiger partial charge in [-0.1, -0.05) is 18.2 Å². The Kier molecular flexibility index (Phi) is 3.34. The van der Waals surface area contributed by atoms with Crippen molar-refractivity contribution in [2.45, 2.75) is 13.0 Å². The molecule has 5 heteroatoms. The van der Waals surface area contributed by atoms with E-state index in [2.05, 4.69) is 9.55 Å². The summed E-state index contributed by atoms with van der Waals surface area (Å²) in [6.45, 7) is 0.789. The molecule has 120 valence electrons. The van der Waals surface area contributed by atoms with Gasteiger partial charge in [0.2, 0.25) is 0 Å². The van der Waals surface area contributed by atoms with Gasteiger partial charge in [-0.15, -0.1) is 0 Å². The van der Waals surface area contributed by atoms with E-state index in [1.165, 1.54) is 7.11 Å². The van der Waals surface area contributed by atoms with Gasteiger partial charge in [0.05, 0.1) is 18.0 Å². The average Bonchev–Trinajstić information content (AvgIpc) is 2.98. The first-order valence-electron chi connectivity index (χ1n) is 7.75. The summed E-state index contributed by atoms with van der Waals surface area (Å²) < 4.78 is 7.14. The minimum absolute atomic E-state index is 0.0914. The maximum atomic E-state index is 12.3. The Labute approximate surface area is 138 Å². The van der Waals surface area contributed by atoms with Crippen LogP contribution in [0.2, 0.25) is 0 Å². The second-order valence-electron chi connectivity index (χ2n) is 5.76. The summed E-state index contributed by atoms with van der Waals surface area (Å²) in [4.78, 5) is 16.5. The van der Waals surface area contributed by atoms with Crippen LogP contribution in [0.4, 0.5) is 0 Å². The van der Waals surface area contributed by atoms with E-state index in [4.69, 9.17) is 4.74 Å². The number of hydrogen-bond acceptors (Lipinski definition) is 4. The second-order valence-corrected chi connectivity index (χ2v) is 5.76. The fourth-order valence-electron chi connectivity index (χ4n) is 3.17. The van der Waals surface area contributed by atoms with Crippen LogP contribution in [-0.2, 0) is 6.54 Å². The molecule has 2 heterocycles. The van der Waals surface area contributed by atoms with Crippen molar-refractivity contribution in [3.63, 3.8) is 0 Å². The number of phenols is 1. The van der Waals surface area contributed by atoms with Crippen molar-refractivity contribution in [3.8, 4) is 11.5 Å². The highest BCUT2D eigenvalue weighted by Gasteiger charge is 2.20. The third kappa shape index (κ3) is 2.25. The summed E-state index contributed by atoms with van der Waals surface area (Å²) in [5.41, 5.74) is 2.54. The molecule has 0 unspecified atom stereocenters. The van der Waals surface area contributed by atoms with Crippen LogP contribution in [0, 0.1) is 0 Å². The van der Waals surface area contributed by atoms with Gasteiger partial charge in [-0.25, -0.2) is 0 Å². The van der Waals surface area contributed by atoms with Gasteiger partial charge in [-0.2, -0.15) is 4.98 Å². The molecule has 1 N–H and O–H groups in total. The van der Waals surface area contributed by atoms with Gasteiger partial charge in [0.1, 0.15) is 5.82 Å². The molecule has 24 heavy (non-hydrogen) atoms. The predicted octanol–water partition coefficient (Wildman–Crippen LogP) is 3.06. The van der Waals surface area contributed by atoms with Gasteiger partial charge in [0.15, 0.2) is 11.5 Å². The summed E-state index contributed by atoms with van der Waals surface area (Å²) in [6.07, 6.45) is 2.76. The monoisotopic (exact) mass is 320 g/mol. The van der Waals surface area contributed by atoms with Crippen LogP contribution in [0.15, 0.2) is 47.3 Å². The molecule has 0 spiro atoms.